The third-order valence-electron chi connectivity index (χ3n) is 3.54. The van der Waals surface area contributed by atoms with Crippen LogP contribution in [0.1, 0.15) is 0 Å². The van der Waals surface area contributed by atoms with Crippen molar-refractivity contribution in [2.45, 2.75) is 0 Å². The molecule has 4 rings (SSSR count). The zero-order chi connectivity index (χ0) is 15.5. The van der Waals surface area contributed by atoms with Crippen LogP contribution in [0.25, 0.3) is 10.9 Å². The molecule has 2 aromatic carbocycles. The molecule has 0 spiro atoms. The van der Waals surface area contributed by atoms with E-state index in [-0.39, 0.29) is 0 Å². The summed E-state index contributed by atoms with van der Waals surface area (Å²) in [5.41, 5.74) is 3.05. The van der Waals surface area contributed by atoms with E-state index in [4.69, 9.17) is 0 Å². The quantitative estimate of drug-likeness (QED) is 0.521. The summed E-state index contributed by atoms with van der Waals surface area (Å²) in [5, 5.41) is 7.67. The minimum Gasteiger partial charge on any atom is -0.361 e. The van der Waals surface area contributed by atoms with Gasteiger partial charge in [-0.3, -0.25) is 0 Å². The lowest BCUT2D eigenvalue weighted by atomic mass is 10.2. The molecule has 0 fully saturated rings. The predicted octanol–water partition coefficient (Wildman–Crippen LogP) is 4.45. The van der Waals surface area contributed by atoms with Crippen molar-refractivity contribution in [1.82, 2.24) is 15.0 Å². The summed E-state index contributed by atoms with van der Waals surface area (Å²) in [6.07, 6.45) is 3.66. The van der Waals surface area contributed by atoms with Crippen molar-refractivity contribution in [1.29, 1.82) is 0 Å². The second-order valence-corrected chi connectivity index (χ2v) is 5.13. The summed E-state index contributed by atoms with van der Waals surface area (Å²) in [7, 11) is 0. The van der Waals surface area contributed by atoms with Gasteiger partial charge in [0.2, 0.25) is 5.95 Å². The number of rotatable bonds is 4. The number of anilines is 4. The normalized spacial score (nSPS) is 10.6. The Kier molecular flexibility index (Phi) is 3.37. The fourth-order valence-electron chi connectivity index (χ4n) is 2.47. The first kappa shape index (κ1) is 13.3. The van der Waals surface area contributed by atoms with E-state index in [9.17, 15) is 0 Å². The van der Waals surface area contributed by atoms with Crippen molar-refractivity contribution in [3.05, 3.63) is 73.1 Å². The standard InChI is InChI=1S/C18H15N5/c1-2-5-13(6-3-1)21-18-20-12-10-17(23-18)22-16-8-4-7-15-14(16)9-11-19-15/h1-12,19H,(H2,20,21,22,23). The summed E-state index contributed by atoms with van der Waals surface area (Å²) < 4.78 is 0. The van der Waals surface area contributed by atoms with Crippen LogP contribution in [0.5, 0.6) is 0 Å². The van der Waals surface area contributed by atoms with Crippen LogP contribution in [0.4, 0.5) is 23.1 Å². The predicted molar refractivity (Wildman–Crippen MR) is 93.3 cm³/mol. The molecule has 3 N–H and O–H groups in total. The van der Waals surface area contributed by atoms with Gasteiger partial charge in [0.25, 0.3) is 0 Å². The zero-order valence-corrected chi connectivity index (χ0v) is 12.3. The van der Waals surface area contributed by atoms with Gasteiger partial charge in [0, 0.05) is 34.7 Å². The van der Waals surface area contributed by atoms with Gasteiger partial charge >= 0.3 is 0 Å². The van der Waals surface area contributed by atoms with Gasteiger partial charge in [-0.25, -0.2) is 4.98 Å². The van der Waals surface area contributed by atoms with E-state index in [0.717, 1.165) is 28.1 Å². The highest BCUT2D eigenvalue weighted by Gasteiger charge is 2.04. The number of nitrogens with one attached hydrogen (secondary N) is 3. The molecule has 0 amide bonds. The molecule has 5 nitrogen and oxygen atoms in total. The van der Waals surface area contributed by atoms with Crippen molar-refractivity contribution in [3.8, 4) is 0 Å². The van der Waals surface area contributed by atoms with Crippen molar-refractivity contribution in [3.63, 3.8) is 0 Å². The van der Waals surface area contributed by atoms with Crippen LogP contribution < -0.4 is 10.6 Å². The van der Waals surface area contributed by atoms with Gasteiger partial charge in [0.05, 0.1) is 0 Å². The number of para-hydroxylation sites is 1. The number of benzene rings is 2. The Morgan fingerprint density at radius 1 is 0.826 bits per heavy atom. The highest BCUT2D eigenvalue weighted by atomic mass is 15.1. The molecule has 0 radical (unpaired) electrons. The van der Waals surface area contributed by atoms with Gasteiger partial charge < -0.3 is 15.6 Å². The second kappa shape index (κ2) is 5.81. The van der Waals surface area contributed by atoms with Crippen LogP contribution >= 0.6 is 0 Å². The first-order valence-electron chi connectivity index (χ1n) is 7.37. The number of aromatic amines is 1. The minimum absolute atomic E-state index is 0.558. The molecule has 4 aromatic rings. The molecule has 112 valence electrons. The Balaban J connectivity index is 1.60. The average molecular weight is 301 g/mol. The first-order valence-corrected chi connectivity index (χ1v) is 7.37. The molecule has 0 bridgehead atoms. The van der Waals surface area contributed by atoms with Crippen molar-refractivity contribution in [2.75, 3.05) is 10.6 Å². The number of aromatic nitrogens is 3. The Bertz CT molecular complexity index is 930. The van der Waals surface area contributed by atoms with Crippen LogP contribution in [0, 0.1) is 0 Å². The minimum atomic E-state index is 0.558. The van der Waals surface area contributed by atoms with Crippen molar-refractivity contribution < 1.29 is 0 Å². The number of hydrogen-bond donors (Lipinski definition) is 3. The Morgan fingerprint density at radius 3 is 2.65 bits per heavy atom. The van der Waals surface area contributed by atoms with Crippen LogP contribution in [0.2, 0.25) is 0 Å². The van der Waals surface area contributed by atoms with Crippen molar-refractivity contribution in [2.24, 2.45) is 0 Å². The summed E-state index contributed by atoms with van der Waals surface area (Å²) in [4.78, 5) is 12.0. The maximum absolute atomic E-state index is 4.51. The maximum atomic E-state index is 4.51. The number of hydrogen-bond acceptors (Lipinski definition) is 4. The van der Waals surface area contributed by atoms with Crippen molar-refractivity contribution >= 4 is 34.0 Å². The molecule has 0 saturated heterocycles. The van der Waals surface area contributed by atoms with Gasteiger partial charge in [-0.2, -0.15) is 4.98 Å². The van der Waals surface area contributed by atoms with Gasteiger partial charge in [-0.05, 0) is 36.4 Å². The van der Waals surface area contributed by atoms with Gasteiger partial charge in [0.15, 0.2) is 0 Å². The second-order valence-electron chi connectivity index (χ2n) is 5.13. The number of nitrogens with zero attached hydrogens (tertiary/aromatic N) is 2. The van der Waals surface area contributed by atoms with E-state index in [2.05, 4.69) is 25.6 Å². The zero-order valence-electron chi connectivity index (χ0n) is 12.3. The van der Waals surface area contributed by atoms with Gasteiger partial charge in [-0.1, -0.05) is 24.3 Å². The molecule has 0 saturated carbocycles. The monoisotopic (exact) mass is 301 g/mol. The smallest absolute Gasteiger partial charge is 0.229 e. The maximum Gasteiger partial charge on any atom is 0.229 e. The van der Waals surface area contributed by atoms with Gasteiger partial charge in [0.1, 0.15) is 5.82 Å². The Hall–Kier alpha value is -3.34. The Labute approximate surface area is 133 Å². The van der Waals surface area contributed by atoms with Crippen LogP contribution in [0.3, 0.4) is 0 Å². The summed E-state index contributed by atoms with van der Waals surface area (Å²) in [6.45, 7) is 0. The molecule has 0 atom stereocenters. The molecule has 0 aliphatic rings. The lowest BCUT2D eigenvalue weighted by Crippen LogP contribution is -2.00. The molecule has 0 aliphatic carbocycles. The number of fused-ring (bicyclic) bond motifs is 1. The fraction of sp³-hybridized carbons (Fsp3) is 0. The molecular weight excluding hydrogens is 286 g/mol. The highest BCUT2D eigenvalue weighted by molar-refractivity contribution is 5.93. The Morgan fingerprint density at radius 2 is 1.74 bits per heavy atom. The molecule has 0 aliphatic heterocycles. The summed E-state index contributed by atoms with van der Waals surface area (Å²) in [5.74, 6) is 1.30. The van der Waals surface area contributed by atoms with E-state index in [1.54, 1.807) is 6.20 Å². The van der Waals surface area contributed by atoms with Crippen LogP contribution in [0.15, 0.2) is 73.1 Å². The van der Waals surface area contributed by atoms with Crippen LogP contribution in [-0.2, 0) is 0 Å². The SMILES string of the molecule is c1ccc(Nc2nccc(Nc3cccc4[nH]ccc34)n2)cc1. The third kappa shape index (κ3) is 2.85. The number of H-pyrrole nitrogens is 1. The lowest BCUT2D eigenvalue weighted by Gasteiger charge is -2.09. The molecular formula is C18H15N5. The molecule has 23 heavy (non-hydrogen) atoms. The van der Waals surface area contributed by atoms with E-state index < -0.39 is 0 Å². The highest BCUT2D eigenvalue weighted by Crippen LogP contribution is 2.25. The fourth-order valence-corrected chi connectivity index (χ4v) is 2.47. The van der Waals surface area contributed by atoms with E-state index >= 15 is 0 Å². The lowest BCUT2D eigenvalue weighted by molar-refractivity contribution is 1.17. The van der Waals surface area contributed by atoms with E-state index in [1.165, 1.54) is 0 Å². The van der Waals surface area contributed by atoms with E-state index in [0.29, 0.717) is 5.95 Å². The largest absolute Gasteiger partial charge is 0.361 e. The molecule has 5 heteroatoms. The average Bonchev–Trinajstić information content (AvgIpc) is 3.06. The van der Waals surface area contributed by atoms with Crippen LogP contribution in [-0.4, -0.2) is 15.0 Å². The third-order valence-corrected chi connectivity index (χ3v) is 3.54. The van der Waals surface area contributed by atoms with Gasteiger partial charge in [-0.15, -0.1) is 0 Å². The molecule has 0 unspecified atom stereocenters. The topological polar surface area (TPSA) is 65.6 Å². The molecule has 2 heterocycles. The first-order chi connectivity index (χ1) is 11.4. The van der Waals surface area contributed by atoms with E-state index in [1.807, 2.05) is 66.9 Å². The summed E-state index contributed by atoms with van der Waals surface area (Å²) in [6, 6.07) is 19.8. The summed E-state index contributed by atoms with van der Waals surface area (Å²) >= 11 is 0. The molecule has 2 aromatic heterocycles.